The van der Waals surface area contributed by atoms with Crippen LogP contribution in [0.1, 0.15) is 5.56 Å². The minimum Gasteiger partial charge on any atom is -0.324 e. The van der Waals surface area contributed by atoms with Crippen molar-refractivity contribution in [2.75, 3.05) is 5.32 Å². The summed E-state index contributed by atoms with van der Waals surface area (Å²) in [6.07, 6.45) is 0. The van der Waals surface area contributed by atoms with Gasteiger partial charge in [-0.05, 0) is 35.0 Å². The lowest BCUT2D eigenvalue weighted by Crippen LogP contribution is -1.99. The first-order valence-corrected chi connectivity index (χ1v) is 5.34. The standard InChI is InChI=1S/C10H11BrN4/c1-7-3-5-8(6-4-7)12-10-13-9(11)14-15(10)2/h3-6H,1-2H3,(H,12,13,14). The number of aryl methyl sites for hydroxylation is 2. The van der Waals surface area contributed by atoms with Crippen molar-refractivity contribution in [1.82, 2.24) is 14.8 Å². The molecule has 4 nitrogen and oxygen atoms in total. The molecule has 0 aliphatic heterocycles. The number of nitrogens with one attached hydrogen (secondary N) is 1. The predicted octanol–water partition coefficient (Wildman–Crippen LogP) is 2.63. The Morgan fingerprint density at radius 2 is 1.93 bits per heavy atom. The van der Waals surface area contributed by atoms with E-state index in [-0.39, 0.29) is 0 Å². The molecule has 0 spiro atoms. The van der Waals surface area contributed by atoms with Crippen molar-refractivity contribution in [1.29, 1.82) is 0 Å². The van der Waals surface area contributed by atoms with Crippen LogP contribution >= 0.6 is 15.9 Å². The van der Waals surface area contributed by atoms with Gasteiger partial charge in [0, 0.05) is 12.7 Å². The summed E-state index contributed by atoms with van der Waals surface area (Å²) < 4.78 is 2.27. The van der Waals surface area contributed by atoms with E-state index < -0.39 is 0 Å². The van der Waals surface area contributed by atoms with E-state index in [1.165, 1.54) is 5.56 Å². The van der Waals surface area contributed by atoms with Crippen molar-refractivity contribution >= 4 is 27.6 Å². The van der Waals surface area contributed by atoms with Gasteiger partial charge in [-0.15, -0.1) is 5.10 Å². The highest BCUT2D eigenvalue weighted by molar-refractivity contribution is 9.10. The summed E-state index contributed by atoms with van der Waals surface area (Å²) in [5.41, 5.74) is 2.24. The lowest BCUT2D eigenvalue weighted by Gasteiger charge is -2.04. The highest BCUT2D eigenvalue weighted by atomic mass is 79.9. The van der Waals surface area contributed by atoms with Crippen molar-refractivity contribution in [3.05, 3.63) is 34.6 Å². The molecular formula is C10H11BrN4. The number of nitrogens with zero attached hydrogens (tertiary/aromatic N) is 3. The Balaban J connectivity index is 2.21. The van der Waals surface area contributed by atoms with Gasteiger partial charge in [0.05, 0.1) is 0 Å². The van der Waals surface area contributed by atoms with Gasteiger partial charge in [0.1, 0.15) is 0 Å². The van der Waals surface area contributed by atoms with Crippen LogP contribution < -0.4 is 5.32 Å². The number of anilines is 2. The van der Waals surface area contributed by atoms with E-state index >= 15 is 0 Å². The van der Waals surface area contributed by atoms with Gasteiger partial charge >= 0.3 is 0 Å². The number of benzene rings is 1. The molecule has 5 heteroatoms. The molecule has 0 bridgehead atoms. The van der Waals surface area contributed by atoms with E-state index in [1.54, 1.807) is 4.68 Å². The van der Waals surface area contributed by atoms with Crippen LogP contribution in [0.5, 0.6) is 0 Å². The monoisotopic (exact) mass is 266 g/mol. The zero-order valence-electron chi connectivity index (χ0n) is 8.53. The van der Waals surface area contributed by atoms with Gasteiger partial charge < -0.3 is 5.32 Å². The molecule has 0 aliphatic rings. The average molecular weight is 267 g/mol. The van der Waals surface area contributed by atoms with Crippen LogP contribution in [0.3, 0.4) is 0 Å². The topological polar surface area (TPSA) is 42.7 Å². The van der Waals surface area contributed by atoms with Gasteiger partial charge in [-0.1, -0.05) is 17.7 Å². The fraction of sp³-hybridized carbons (Fsp3) is 0.200. The first-order chi connectivity index (χ1) is 7.15. The largest absolute Gasteiger partial charge is 0.324 e. The maximum atomic E-state index is 4.19. The van der Waals surface area contributed by atoms with Crippen molar-refractivity contribution in [2.45, 2.75) is 6.92 Å². The highest BCUT2D eigenvalue weighted by Gasteiger charge is 2.03. The molecule has 1 aromatic carbocycles. The Bertz CT molecular complexity index is 461. The summed E-state index contributed by atoms with van der Waals surface area (Å²) >= 11 is 3.22. The molecule has 1 N–H and O–H groups in total. The van der Waals surface area contributed by atoms with E-state index in [0.29, 0.717) is 10.7 Å². The van der Waals surface area contributed by atoms with Crippen molar-refractivity contribution in [2.24, 2.45) is 7.05 Å². The van der Waals surface area contributed by atoms with E-state index in [1.807, 2.05) is 31.3 Å². The quantitative estimate of drug-likeness (QED) is 0.909. The zero-order valence-corrected chi connectivity index (χ0v) is 10.1. The van der Waals surface area contributed by atoms with E-state index in [0.717, 1.165) is 5.69 Å². The van der Waals surface area contributed by atoms with Crippen LogP contribution in [0.4, 0.5) is 11.6 Å². The van der Waals surface area contributed by atoms with Gasteiger partial charge in [-0.2, -0.15) is 4.98 Å². The lowest BCUT2D eigenvalue weighted by atomic mass is 10.2. The molecule has 78 valence electrons. The van der Waals surface area contributed by atoms with E-state index in [9.17, 15) is 0 Å². The average Bonchev–Trinajstić information content (AvgIpc) is 2.49. The number of aromatic nitrogens is 3. The molecular weight excluding hydrogens is 256 g/mol. The van der Waals surface area contributed by atoms with Crippen LogP contribution in [0, 0.1) is 6.92 Å². The molecule has 0 aliphatic carbocycles. The smallest absolute Gasteiger partial charge is 0.226 e. The molecule has 0 saturated carbocycles. The molecule has 0 radical (unpaired) electrons. The fourth-order valence-corrected chi connectivity index (χ4v) is 1.63. The van der Waals surface area contributed by atoms with Gasteiger partial charge in [-0.25, -0.2) is 4.68 Å². The van der Waals surface area contributed by atoms with Crippen LogP contribution in [-0.2, 0) is 7.05 Å². The van der Waals surface area contributed by atoms with Gasteiger partial charge in [0.25, 0.3) is 0 Å². The third-order valence-corrected chi connectivity index (χ3v) is 2.38. The number of halogens is 1. The predicted molar refractivity (Wildman–Crippen MR) is 63.2 cm³/mol. The maximum absolute atomic E-state index is 4.19. The number of hydrogen-bond donors (Lipinski definition) is 1. The maximum Gasteiger partial charge on any atom is 0.226 e. The Labute approximate surface area is 96.5 Å². The van der Waals surface area contributed by atoms with Crippen molar-refractivity contribution < 1.29 is 0 Å². The zero-order chi connectivity index (χ0) is 10.8. The first kappa shape index (κ1) is 10.2. The number of hydrogen-bond acceptors (Lipinski definition) is 3. The minimum atomic E-state index is 0.583. The fourth-order valence-electron chi connectivity index (χ4n) is 1.23. The summed E-state index contributed by atoms with van der Waals surface area (Å²) in [5.74, 6) is 0.714. The second-order valence-electron chi connectivity index (χ2n) is 3.32. The Morgan fingerprint density at radius 1 is 1.27 bits per heavy atom. The van der Waals surface area contributed by atoms with Crippen molar-refractivity contribution in [3.63, 3.8) is 0 Å². The Kier molecular flexibility index (Phi) is 2.73. The number of rotatable bonds is 2. The molecule has 0 atom stereocenters. The van der Waals surface area contributed by atoms with Gasteiger partial charge in [-0.3, -0.25) is 0 Å². The molecule has 2 rings (SSSR count). The summed E-state index contributed by atoms with van der Waals surface area (Å²) in [7, 11) is 1.84. The molecule has 0 amide bonds. The van der Waals surface area contributed by atoms with Gasteiger partial charge in [0.15, 0.2) is 0 Å². The van der Waals surface area contributed by atoms with Crippen molar-refractivity contribution in [3.8, 4) is 0 Å². The third kappa shape index (κ3) is 2.36. The van der Waals surface area contributed by atoms with E-state index in [4.69, 9.17) is 0 Å². The molecule has 1 aromatic heterocycles. The SMILES string of the molecule is Cc1ccc(Nc2nc(Br)nn2C)cc1. The van der Waals surface area contributed by atoms with Gasteiger partial charge in [0.2, 0.25) is 10.7 Å². The van der Waals surface area contributed by atoms with Crippen LogP contribution in [0.25, 0.3) is 0 Å². The molecule has 2 aromatic rings. The van der Waals surface area contributed by atoms with E-state index in [2.05, 4.69) is 38.3 Å². The first-order valence-electron chi connectivity index (χ1n) is 4.55. The second kappa shape index (κ2) is 4.02. The third-order valence-electron chi connectivity index (χ3n) is 2.04. The summed E-state index contributed by atoms with van der Waals surface area (Å²) in [4.78, 5) is 4.19. The minimum absolute atomic E-state index is 0.583. The summed E-state index contributed by atoms with van der Waals surface area (Å²) in [5, 5.41) is 7.26. The van der Waals surface area contributed by atoms with Crippen LogP contribution in [-0.4, -0.2) is 14.8 Å². The molecule has 15 heavy (non-hydrogen) atoms. The molecule has 0 unspecified atom stereocenters. The lowest BCUT2D eigenvalue weighted by molar-refractivity contribution is 0.769. The highest BCUT2D eigenvalue weighted by Crippen LogP contribution is 2.16. The van der Waals surface area contributed by atoms with Crippen LogP contribution in [0.15, 0.2) is 29.0 Å². The molecule has 0 fully saturated rings. The molecule has 0 saturated heterocycles. The molecule has 1 heterocycles. The Morgan fingerprint density at radius 3 is 2.47 bits per heavy atom. The van der Waals surface area contributed by atoms with Crippen LogP contribution in [0.2, 0.25) is 0 Å². The Hall–Kier alpha value is -1.36. The summed E-state index contributed by atoms with van der Waals surface area (Å²) in [6.45, 7) is 2.06. The summed E-state index contributed by atoms with van der Waals surface area (Å²) in [6, 6.07) is 8.12. The second-order valence-corrected chi connectivity index (χ2v) is 4.03. The normalized spacial score (nSPS) is 10.3.